The third-order valence-corrected chi connectivity index (χ3v) is 6.87. The van der Waals surface area contributed by atoms with Crippen LogP contribution < -0.4 is 0 Å². The summed E-state index contributed by atoms with van der Waals surface area (Å²) in [4.78, 5) is -0.0260. The summed E-state index contributed by atoms with van der Waals surface area (Å²) in [5.74, 6) is 0. The molecule has 0 N–H and O–H groups in total. The van der Waals surface area contributed by atoms with Crippen LogP contribution >= 0.6 is 55.1 Å². The second-order valence-corrected chi connectivity index (χ2v) is 8.82. The molecule has 21 heavy (non-hydrogen) atoms. The number of alkyl halides is 1. The van der Waals surface area contributed by atoms with Gasteiger partial charge in [0.1, 0.15) is 4.90 Å². The van der Waals surface area contributed by atoms with E-state index >= 15 is 0 Å². The van der Waals surface area contributed by atoms with Crippen molar-refractivity contribution in [2.75, 3.05) is 11.9 Å². The van der Waals surface area contributed by atoms with Crippen molar-refractivity contribution in [2.45, 2.75) is 37.6 Å². The van der Waals surface area contributed by atoms with Gasteiger partial charge in [-0.2, -0.15) is 4.31 Å². The van der Waals surface area contributed by atoms with Crippen molar-refractivity contribution < 1.29 is 8.42 Å². The molecule has 120 valence electrons. The highest BCUT2D eigenvalue weighted by atomic mass is 79.9. The SMILES string of the molecule is CCC(CC)N(CCBr)S(=O)(=O)c1c(Cl)cc(Br)cc1Cl. The number of rotatable bonds is 7. The van der Waals surface area contributed by atoms with Crippen LogP contribution in [0.4, 0.5) is 0 Å². The summed E-state index contributed by atoms with van der Waals surface area (Å²) in [6, 6.07) is 3.00. The van der Waals surface area contributed by atoms with Crippen molar-refractivity contribution in [2.24, 2.45) is 0 Å². The largest absolute Gasteiger partial charge is 0.246 e. The smallest absolute Gasteiger partial charge is 0.207 e. The van der Waals surface area contributed by atoms with Crippen molar-refractivity contribution in [1.82, 2.24) is 4.31 Å². The van der Waals surface area contributed by atoms with E-state index in [1.54, 1.807) is 12.1 Å². The van der Waals surface area contributed by atoms with E-state index in [1.807, 2.05) is 13.8 Å². The summed E-state index contributed by atoms with van der Waals surface area (Å²) in [6.07, 6.45) is 1.46. The highest BCUT2D eigenvalue weighted by Crippen LogP contribution is 2.35. The lowest BCUT2D eigenvalue weighted by Gasteiger charge is -2.29. The van der Waals surface area contributed by atoms with Gasteiger partial charge in [0.05, 0.1) is 10.0 Å². The van der Waals surface area contributed by atoms with Crippen LogP contribution in [0.1, 0.15) is 26.7 Å². The number of nitrogens with zero attached hydrogens (tertiary/aromatic N) is 1. The average molecular weight is 482 g/mol. The maximum atomic E-state index is 13.0. The molecule has 0 spiro atoms. The predicted molar refractivity (Wildman–Crippen MR) is 96.2 cm³/mol. The Hall–Kier alpha value is 0.670. The summed E-state index contributed by atoms with van der Waals surface area (Å²) >= 11 is 18.8. The van der Waals surface area contributed by atoms with Crippen LogP contribution in [0.2, 0.25) is 10.0 Å². The Morgan fingerprint density at radius 3 is 2.05 bits per heavy atom. The van der Waals surface area contributed by atoms with Gasteiger partial charge in [0.2, 0.25) is 10.0 Å². The van der Waals surface area contributed by atoms with E-state index in [4.69, 9.17) is 23.2 Å². The average Bonchev–Trinajstić information content (AvgIpc) is 2.37. The summed E-state index contributed by atoms with van der Waals surface area (Å²) in [6.45, 7) is 4.31. The van der Waals surface area contributed by atoms with Crippen molar-refractivity contribution >= 4 is 65.1 Å². The van der Waals surface area contributed by atoms with Gasteiger partial charge in [-0.25, -0.2) is 8.42 Å². The molecule has 1 aromatic carbocycles. The molecule has 0 fully saturated rings. The zero-order valence-electron chi connectivity index (χ0n) is 11.7. The molecule has 0 unspecified atom stereocenters. The van der Waals surface area contributed by atoms with Crippen molar-refractivity contribution in [3.8, 4) is 0 Å². The van der Waals surface area contributed by atoms with Crippen LogP contribution in [0.3, 0.4) is 0 Å². The molecular weight excluding hydrogens is 465 g/mol. The molecule has 0 saturated heterocycles. The number of sulfonamides is 1. The van der Waals surface area contributed by atoms with Gasteiger partial charge in [0.25, 0.3) is 0 Å². The minimum atomic E-state index is -3.75. The first-order chi connectivity index (χ1) is 9.79. The molecule has 0 atom stereocenters. The summed E-state index contributed by atoms with van der Waals surface area (Å²) in [5.41, 5.74) is 0. The van der Waals surface area contributed by atoms with E-state index in [0.717, 1.165) is 12.8 Å². The summed E-state index contributed by atoms with van der Waals surface area (Å²) in [5, 5.41) is 0.800. The van der Waals surface area contributed by atoms with E-state index in [0.29, 0.717) is 16.3 Å². The predicted octanol–water partition coefficient (Wildman–Crippen LogP) is 5.33. The molecule has 0 bridgehead atoms. The molecule has 0 amide bonds. The van der Waals surface area contributed by atoms with E-state index in [2.05, 4.69) is 31.9 Å². The lowest BCUT2D eigenvalue weighted by atomic mass is 10.2. The van der Waals surface area contributed by atoms with Crippen LogP contribution in [0.25, 0.3) is 0 Å². The van der Waals surface area contributed by atoms with Crippen LogP contribution in [0.5, 0.6) is 0 Å². The first-order valence-corrected chi connectivity index (χ1v) is 10.6. The van der Waals surface area contributed by atoms with Crippen molar-refractivity contribution in [3.05, 3.63) is 26.7 Å². The fraction of sp³-hybridized carbons (Fsp3) is 0.538. The number of halogens is 4. The molecule has 8 heteroatoms. The zero-order valence-corrected chi connectivity index (χ0v) is 17.2. The second kappa shape index (κ2) is 8.50. The van der Waals surface area contributed by atoms with E-state index < -0.39 is 10.0 Å². The Morgan fingerprint density at radius 2 is 1.67 bits per heavy atom. The minimum Gasteiger partial charge on any atom is -0.207 e. The van der Waals surface area contributed by atoms with Crippen LogP contribution in [-0.4, -0.2) is 30.6 Å². The first-order valence-electron chi connectivity index (χ1n) is 6.51. The van der Waals surface area contributed by atoms with Crippen LogP contribution in [0, 0.1) is 0 Å². The van der Waals surface area contributed by atoms with Crippen LogP contribution in [-0.2, 0) is 10.0 Å². The van der Waals surface area contributed by atoms with Gasteiger partial charge < -0.3 is 0 Å². The topological polar surface area (TPSA) is 37.4 Å². The molecule has 1 rings (SSSR count). The van der Waals surface area contributed by atoms with Crippen molar-refractivity contribution in [3.63, 3.8) is 0 Å². The van der Waals surface area contributed by atoms with Gasteiger partial charge in [0, 0.05) is 22.4 Å². The Labute approximate surface area is 153 Å². The first kappa shape index (κ1) is 19.7. The molecule has 3 nitrogen and oxygen atoms in total. The fourth-order valence-electron chi connectivity index (χ4n) is 2.17. The molecule has 0 heterocycles. The summed E-state index contributed by atoms with van der Waals surface area (Å²) < 4.78 is 28.0. The Bertz CT molecular complexity index is 569. The summed E-state index contributed by atoms with van der Waals surface area (Å²) in [7, 11) is -3.75. The highest BCUT2D eigenvalue weighted by molar-refractivity contribution is 9.10. The van der Waals surface area contributed by atoms with Crippen LogP contribution in [0.15, 0.2) is 21.5 Å². The highest BCUT2D eigenvalue weighted by Gasteiger charge is 2.32. The van der Waals surface area contributed by atoms with Gasteiger partial charge in [-0.15, -0.1) is 0 Å². The third kappa shape index (κ3) is 4.58. The van der Waals surface area contributed by atoms with Gasteiger partial charge in [-0.3, -0.25) is 0 Å². The molecule has 0 aliphatic heterocycles. The molecule has 1 aromatic rings. The molecular formula is C13H17Br2Cl2NO2S. The van der Waals surface area contributed by atoms with Gasteiger partial charge in [-0.05, 0) is 25.0 Å². The van der Waals surface area contributed by atoms with Gasteiger partial charge in [-0.1, -0.05) is 68.9 Å². The van der Waals surface area contributed by atoms with E-state index in [1.165, 1.54) is 4.31 Å². The third-order valence-electron chi connectivity index (χ3n) is 3.18. The maximum absolute atomic E-state index is 13.0. The second-order valence-electron chi connectivity index (χ2n) is 4.47. The lowest BCUT2D eigenvalue weighted by Crippen LogP contribution is -2.41. The molecule has 0 radical (unpaired) electrons. The zero-order chi connectivity index (χ0) is 16.2. The van der Waals surface area contributed by atoms with Crippen molar-refractivity contribution in [1.29, 1.82) is 0 Å². The van der Waals surface area contributed by atoms with E-state index in [9.17, 15) is 8.42 Å². The number of benzene rings is 1. The normalized spacial score (nSPS) is 12.4. The molecule has 0 aliphatic rings. The molecule has 0 aromatic heterocycles. The maximum Gasteiger partial charge on any atom is 0.246 e. The number of hydrogen-bond acceptors (Lipinski definition) is 2. The lowest BCUT2D eigenvalue weighted by molar-refractivity contribution is 0.317. The van der Waals surface area contributed by atoms with Gasteiger partial charge in [0.15, 0.2) is 0 Å². The standard InChI is InChI=1S/C13H17Br2Cl2NO2S/c1-3-10(4-2)18(6-5-14)21(19,20)13-11(16)7-9(15)8-12(13)17/h7-8,10H,3-6H2,1-2H3. The minimum absolute atomic E-state index is 0.0260. The Kier molecular flexibility index (Phi) is 7.98. The molecule has 0 saturated carbocycles. The van der Waals surface area contributed by atoms with Gasteiger partial charge >= 0.3 is 0 Å². The number of hydrogen-bond donors (Lipinski definition) is 0. The Morgan fingerprint density at radius 1 is 1.19 bits per heavy atom. The molecule has 0 aliphatic carbocycles. The fourth-order valence-corrected chi connectivity index (χ4v) is 6.45. The quantitative estimate of drug-likeness (QED) is 0.493. The Balaban J connectivity index is 3.43. The van der Waals surface area contributed by atoms with E-state index in [-0.39, 0.29) is 21.0 Å². The monoisotopic (exact) mass is 479 g/mol.